The maximum Gasteiger partial charge on any atom is 0.269 e. The van der Waals surface area contributed by atoms with Crippen molar-refractivity contribution in [2.24, 2.45) is 0 Å². The number of para-hydroxylation sites is 1. The van der Waals surface area contributed by atoms with Gasteiger partial charge >= 0.3 is 0 Å². The molecule has 1 heterocycles. The van der Waals surface area contributed by atoms with Gasteiger partial charge in [-0.2, -0.15) is 0 Å². The molecule has 26 heavy (non-hydrogen) atoms. The number of amides is 1. The Morgan fingerprint density at radius 2 is 1.96 bits per heavy atom. The van der Waals surface area contributed by atoms with E-state index in [1.54, 1.807) is 18.2 Å². The summed E-state index contributed by atoms with van der Waals surface area (Å²) in [7, 11) is 0. The van der Waals surface area contributed by atoms with Crippen molar-refractivity contribution in [3.8, 4) is 0 Å². The number of fused-ring (bicyclic) bond motifs is 1. The molecular formula is C19H17N3O3S. The first-order valence-corrected chi connectivity index (χ1v) is 8.88. The number of nitro benzene ring substituents is 1. The van der Waals surface area contributed by atoms with E-state index in [9.17, 15) is 14.9 Å². The van der Waals surface area contributed by atoms with Crippen LogP contribution in [0.25, 0.3) is 16.3 Å². The topological polar surface area (TPSA) is 85.1 Å². The second kappa shape index (κ2) is 7.45. The largest absolute Gasteiger partial charge is 0.298 e. The number of nitro groups is 1. The second-order valence-corrected chi connectivity index (χ2v) is 7.07. The zero-order valence-corrected chi connectivity index (χ0v) is 15.1. The number of carbonyl (C=O) groups excluding carboxylic acids is 1. The Morgan fingerprint density at radius 3 is 2.62 bits per heavy atom. The Kier molecular flexibility index (Phi) is 5.09. The molecule has 1 N–H and O–H groups in total. The molecule has 0 aliphatic carbocycles. The third kappa shape index (κ3) is 3.94. The van der Waals surface area contributed by atoms with Crippen molar-refractivity contribution >= 4 is 44.4 Å². The summed E-state index contributed by atoms with van der Waals surface area (Å²) >= 11 is 1.43. The fourth-order valence-corrected chi connectivity index (χ4v) is 3.42. The first-order valence-electron chi connectivity index (χ1n) is 8.07. The highest BCUT2D eigenvalue weighted by Gasteiger charge is 2.11. The molecule has 7 heteroatoms. The molecule has 3 aromatic rings. The molecule has 0 unspecified atom stereocenters. The molecule has 3 rings (SSSR count). The van der Waals surface area contributed by atoms with Gasteiger partial charge in [0.25, 0.3) is 5.69 Å². The third-order valence-electron chi connectivity index (χ3n) is 3.83. The van der Waals surface area contributed by atoms with Gasteiger partial charge < -0.3 is 0 Å². The summed E-state index contributed by atoms with van der Waals surface area (Å²) in [5.41, 5.74) is 2.79. The van der Waals surface area contributed by atoms with Gasteiger partial charge in [-0.25, -0.2) is 4.98 Å². The van der Waals surface area contributed by atoms with Crippen molar-refractivity contribution in [1.29, 1.82) is 0 Å². The van der Waals surface area contributed by atoms with E-state index in [-0.39, 0.29) is 11.6 Å². The summed E-state index contributed by atoms with van der Waals surface area (Å²) in [6.07, 6.45) is 2.99. The molecule has 0 spiro atoms. The average molecular weight is 367 g/mol. The maximum absolute atomic E-state index is 12.1. The Labute approximate surface area is 154 Å². The predicted octanol–water partition coefficient (Wildman–Crippen LogP) is 4.98. The highest BCUT2D eigenvalue weighted by atomic mass is 32.1. The highest BCUT2D eigenvalue weighted by molar-refractivity contribution is 7.22. The quantitative estimate of drug-likeness (QED) is 0.391. The van der Waals surface area contributed by atoms with E-state index in [0.717, 1.165) is 15.8 Å². The minimum Gasteiger partial charge on any atom is -0.298 e. The third-order valence-corrected chi connectivity index (χ3v) is 4.77. The number of hydrogen-bond acceptors (Lipinski definition) is 5. The first kappa shape index (κ1) is 17.8. The molecule has 0 atom stereocenters. The van der Waals surface area contributed by atoms with Crippen LogP contribution in [0.3, 0.4) is 0 Å². The molecule has 0 saturated heterocycles. The fraction of sp³-hybridized carbons (Fsp3) is 0.158. The van der Waals surface area contributed by atoms with Crippen LogP contribution in [0.2, 0.25) is 0 Å². The van der Waals surface area contributed by atoms with Crippen LogP contribution in [0.1, 0.15) is 30.9 Å². The fourth-order valence-electron chi connectivity index (χ4n) is 2.52. The summed E-state index contributed by atoms with van der Waals surface area (Å²) in [5.74, 6) is 0.0555. The minimum atomic E-state index is -0.460. The predicted molar refractivity (Wildman–Crippen MR) is 104 cm³/mol. The molecule has 0 bridgehead atoms. The van der Waals surface area contributed by atoms with Crippen LogP contribution in [-0.4, -0.2) is 15.8 Å². The molecule has 0 aliphatic rings. The van der Waals surface area contributed by atoms with Crippen LogP contribution in [0, 0.1) is 10.1 Å². The summed E-state index contributed by atoms with van der Waals surface area (Å²) in [6.45, 7) is 4.22. The summed E-state index contributed by atoms with van der Waals surface area (Å²) in [6, 6.07) is 12.0. The first-order chi connectivity index (χ1) is 12.4. The molecular weight excluding hydrogens is 350 g/mol. The zero-order valence-electron chi connectivity index (χ0n) is 14.3. The van der Waals surface area contributed by atoms with E-state index >= 15 is 0 Å². The average Bonchev–Trinajstić information content (AvgIpc) is 3.02. The van der Waals surface area contributed by atoms with Gasteiger partial charge in [0.2, 0.25) is 5.91 Å². The monoisotopic (exact) mass is 367 g/mol. The lowest BCUT2D eigenvalue weighted by Crippen LogP contribution is -2.07. The van der Waals surface area contributed by atoms with Gasteiger partial charge in [-0.05, 0) is 41.3 Å². The number of nitrogens with zero attached hydrogens (tertiary/aromatic N) is 2. The Morgan fingerprint density at radius 1 is 1.23 bits per heavy atom. The smallest absolute Gasteiger partial charge is 0.269 e. The lowest BCUT2D eigenvalue weighted by Gasteiger charge is -2.04. The standard InChI is InChI=1S/C19H17N3O3S/c1-12(2)15-4-3-5-16-18(15)21-19(26-16)20-17(23)11-8-13-6-9-14(10-7-13)22(24)25/h3-12H,1-2H3,(H,20,21,23)/b11-8-. The molecule has 0 aliphatic heterocycles. The number of non-ortho nitro benzene ring substituents is 1. The number of rotatable bonds is 5. The highest BCUT2D eigenvalue weighted by Crippen LogP contribution is 2.31. The molecule has 0 radical (unpaired) electrons. The summed E-state index contributed by atoms with van der Waals surface area (Å²) in [5, 5.41) is 14.0. The van der Waals surface area contributed by atoms with Gasteiger partial charge in [0.05, 0.1) is 15.1 Å². The van der Waals surface area contributed by atoms with Gasteiger partial charge in [0, 0.05) is 18.2 Å². The number of benzene rings is 2. The van der Waals surface area contributed by atoms with E-state index < -0.39 is 4.92 Å². The van der Waals surface area contributed by atoms with E-state index in [1.807, 2.05) is 18.2 Å². The van der Waals surface area contributed by atoms with Crippen molar-refractivity contribution in [1.82, 2.24) is 4.98 Å². The van der Waals surface area contributed by atoms with E-state index in [2.05, 4.69) is 24.1 Å². The van der Waals surface area contributed by atoms with Crippen LogP contribution in [0.5, 0.6) is 0 Å². The van der Waals surface area contributed by atoms with Crippen molar-refractivity contribution in [3.05, 3.63) is 69.8 Å². The molecule has 6 nitrogen and oxygen atoms in total. The number of thiazole rings is 1. The molecule has 1 aromatic heterocycles. The lowest BCUT2D eigenvalue weighted by atomic mass is 10.0. The van der Waals surface area contributed by atoms with Gasteiger partial charge in [-0.3, -0.25) is 20.2 Å². The van der Waals surface area contributed by atoms with Gasteiger partial charge in [-0.15, -0.1) is 0 Å². The Balaban J connectivity index is 1.72. The van der Waals surface area contributed by atoms with Crippen molar-refractivity contribution in [2.45, 2.75) is 19.8 Å². The molecule has 132 valence electrons. The normalized spacial score (nSPS) is 11.3. The maximum atomic E-state index is 12.1. The number of hydrogen-bond donors (Lipinski definition) is 1. The molecule has 0 fully saturated rings. The number of anilines is 1. The van der Waals surface area contributed by atoms with E-state index in [0.29, 0.717) is 16.6 Å². The van der Waals surface area contributed by atoms with Gasteiger partial charge in [-0.1, -0.05) is 37.3 Å². The number of aromatic nitrogens is 1. The molecule has 0 saturated carbocycles. The number of carbonyl (C=O) groups is 1. The molecule has 1 amide bonds. The summed E-state index contributed by atoms with van der Waals surface area (Å²) in [4.78, 5) is 26.8. The number of nitrogens with one attached hydrogen (secondary N) is 1. The second-order valence-electron chi connectivity index (χ2n) is 6.04. The van der Waals surface area contributed by atoms with E-state index in [4.69, 9.17) is 0 Å². The SMILES string of the molecule is CC(C)c1cccc2sc(NC(=O)/C=C\c3ccc([N+](=O)[O-])cc3)nc12. The van der Waals surface area contributed by atoms with Crippen LogP contribution in [-0.2, 0) is 4.79 Å². The van der Waals surface area contributed by atoms with Crippen LogP contribution < -0.4 is 5.32 Å². The Bertz CT molecular complexity index is 991. The van der Waals surface area contributed by atoms with Gasteiger partial charge in [0.15, 0.2) is 5.13 Å². The zero-order chi connectivity index (χ0) is 18.7. The van der Waals surface area contributed by atoms with Crippen LogP contribution in [0.15, 0.2) is 48.5 Å². The summed E-state index contributed by atoms with van der Waals surface area (Å²) < 4.78 is 1.03. The molecule has 2 aromatic carbocycles. The van der Waals surface area contributed by atoms with E-state index in [1.165, 1.54) is 29.5 Å². The van der Waals surface area contributed by atoms with Crippen LogP contribution >= 0.6 is 11.3 Å². The van der Waals surface area contributed by atoms with Crippen LogP contribution in [0.4, 0.5) is 10.8 Å². The van der Waals surface area contributed by atoms with Crippen molar-refractivity contribution in [3.63, 3.8) is 0 Å². The minimum absolute atomic E-state index is 0.0158. The lowest BCUT2D eigenvalue weighted by molar-refractivity contribution is -0.384. The van der Waals surface area contributed by atoms with Gasteiger partial charge in [0.1, 0.15) is 0 Å². The Hall–Kier alpha value is -3.06. The van der Waals surface area contributed by atoms with Crippen molar-refractivity contribution in [2.75, 3.05) is 5.32 Å². The van der Waals surface area contributed by atoms with Crippen molar-refractivity contribution < 1.29 is 9.72 Å².